The Bertz CT molecular complexity index is 712. The van der Waals surface area contributed by atoms with Gasteiger partial charge in [0.2, 0.25) is 0 Å². The van der Waals surface area contributed by atoms with E-state index in [0.29, 0.717) is 11.8 Å². The summed E-state index contributed by atoms with van der Waals surface area (Å²) in [5.74, 6) is 0.560. The van der Waals surface area contributed by atoms with Crippen LogP contribution in [0.3, 0.4) is 0 Å². The van der Waals surface area contributed by atoms with Crippen LogP contribution in [-0.4, -0.2) is 25.1 Å². The zero-order chi connectivity index (χ0) is 17.6. The fraction of sp³-hybridized carbons (Fsp3) is 0.381. The van der Waals surface area contributed by atoms with E-state index in [1.807, 2.05) is 43.3 Å². The molecule has 132 valence electrons. The second kappa shape index (κ2) is 8.06. The lowest BCUT2D eigenvalue weighted by molar-refractivity contribution is -0.118. The molecule has 0 bridgehead atoms. The van der Waals surface area contributed by atoms with E-state index in [1.54, 1.807) is 0 Å². The monoisotopic (exact) mass is 338 g/mol. The third-order valence-electron chi connectivity index (χ3n) is 4.65. The predicted molar refractivity (Wildman–Crippen MR) is 102 cm³/mol. The Labute approximate surface area is 149 Å². The maximum atomic E-state index is 12.1. The van der Waals surface area contributed by atoms with Crippen molar-refractivity contribution in [2.24, 2.45) is 0 Å². The predicted octanol–water partition coefficient (Wildman–Crippen LogP) is 4.39. The zero-order valence-electron chi connectivity index (χ0n) is 15.0. The number of anilines is 2. The molecule has 2 aromatic carbocycles. The number of hydrogen-bond acceptors (Lipinski definition) is 3. The molecule has 0 aromatic heterocycles. The summed E-state index contributed by atoms with van der Waals surface area (Å²) in [6.45, 7) is 5.39. The molecule has 1 saturated heterocycles. The molecule has 1 heterocycles. The number of amides is 1. The van der Waals surface area contributed by atoms with Gasteiger partial charge in [-0.1, -0.05) is 12.1 Å². The maximum Gasteiger partial charge on any atom is 0.262 e. The molecule has 1 N–H and O–H groups in total. The molecule has 4 heteroatoms. The Morgan fingerprint density at radius 1 is 1.20 bits per heavy atom. The Kier molecular flexibility index (Phi) is 5.59. The molecule has 1 aliphatic rings. The van der Waals surface area contributed by atoms with Gasteiger partial charge in [-0.2, -0.15) is 0 Å². The first kappa shape index (κ1) is 17.3. The number of nitrogens with zero attached hydrogens (tertiary/aromatic N) is 1. The van der Waals surface area contributed by atoms with Crippen LogP contribution < -0.4 is 15.0 Å². The van der Waals surface area contributed by atoms with E-state index in [9.17, 15) is 4.79 Å². The van der Waals surface area contributed by atoms with Crippen LogP contribution in [-0.2, 0) is 4.79 Å². The highest BCUT2D eigenvalue weighted by Crippen LogP contribution is 2.25. The lowest BCUT2D eigenvalue weighted by atomic mass is 10.0. The molecule has 1 aliphatic heterocycles. The average Bonchev–Trinajstić information content (AvgIpc) is 2.61. The summed E-state index contributed by atoms with van der Waals surface area (Å²) in [5.41, 5.74) is 3.13. The van der Waals surface area contributed by atoms with Crippen LogP contribution in [0.4, 0.5) is 11.4 Å². The number of nitrogens with one attached hydrogen (secondary N) is 1. The number of carbonyl (C=O) groups is 1. The van der Waals surface area contributed by atoms with Crippen molar-refractivity contribution in [2.45, 2.75) is 39.2 Å². The van der Waals surface area contributed by atoms with E-state index in [1.165, 1.54) is 24.9 Å². The van der Waals surface area contributed by atoms with Crippen molar-refractivity contribution < 1.29 is 9.53 Å². The molecule has 0 radical (unpaired) electrons. The minimum absolute atomic E-state index is 0.00830. The van der Waals surface area contributed by atoms with E-state index in [0.717, 1.165) is 17.8 Å². The quantitative estimate of drug-likeness (QED) is 0.879. The second-order valence-corrected chi connectivity index (χ2v) is 6.74. The van der Waals surface area contributed by atoms with Gasteiger partial charge in [0.25, 0.3) is 5.91 Å². The van der Waals surface area contributed by atoms with Gasteiger partial charge in [-0.25, -0.2) is 0 Å². The van der Waals surface area contributed by atoms with Gasteiger partial charge in [-0.15, -0.1) is 0 Å². The largest absolute Gasteiger partial charge is 0.484 e. The van der Waals surface area contributed by atoms with Gasteiger partial charge in [0, 0.05) is 24.0 Å². The standard InChI is InChI=1S/C21H26N2O2/c1-16-6-5-8-20(14-16)25-15-21(24)22-18-9-11-19(12-10-18)23-13-4-3-7-17(23)2/h5-6,8-12,14,17H,3-4,7,13,15H2,1-2H3,(H,22,24)/t17-/m1/s1. The molecule has 1 fully saturated rings. The second-order valence-electron chi connectivity index (χ2n) is 6.74. The fourth-order valence-electron chi connectivity index (χ4n) is 3.27. The Morgan fingerprint density at radius 3 is 2.72 bits per heavy atom. The molecule has 25 heavy (non-hydrogen) atoms. The van der Waals surface area contributed by atoms with E-state index < -0.39 is 0 Å². The van der Waals surface area contributed by atoms with Crippen LogP contribution >= 0.6 is 0 Å². The van der Waals surface area contributed by atoms with Crippen LogP contribution in [0.1, 0.15) is 31.7 Å². The third-order valence-corrected chi connectivity index (χ3v) is 4.65. The van der Waals surface area contributed by atoms with Crippen molar-refractivity contribution in [3.8, 4) is 5.75 Å². The van der Waals surface area contributed by atoms with Crippen molar-refractivity contribution in [1.82, 2.24) is 0 Å². The number of ether oxygens (including phenoxy) is 1. The number of benzene rings is 2. The highest BCUT2D eigenvalue weighted by molar-refractivity contribution is 5.92. The summed E-state index contributed by atoms with van der Waals surface area (Å²) in [5, 5.41) is 2.89. The molecule has 4 nitrogen and oxygen atoms in total. The molecule has 0 saturated carbocycles. The highest BCUT2D eigenvalue weighted by atomic mass is 16.5. The van der Waals surface area contributed by atoms with Gasteiger partial charge in [-0.05, 0) is 75.1 Å². The highest BCUT2D eigenvalue weighted by Gasteiger charge is 2.18. The average molecular weight is 338 g/mol. The van der Waals surface area contributed by atoms with Crippen molar-refractivity contribution in [2.75, 3.05) is 23.4 Å². The molecule has 1 atom stereocenters. The van der Waals surface area contributed by atoms with E-state index in [4.69, 9.17) is 4.74 Å². The van der Waals surface area contributed by atoms with Gasteiger partial charge in [0.05, 0.1) is 0 Å². The van der Waals surface area contributed by atoms with Crippen molar-refractivity contribution >= 4 is 17.3 Å². The summed E-state index contributed by atoms with van der Waals surface area (Å²) < 4.78 is 5.53. The Balaban J connectivity index is 1.53. The minimum Gasteiger partial charge on any atom is -0.484 e. The maximum absolute atomic E-state index is 12.1. The number of rotatable bonds is 5. The molecular formula is C21H26N2O2. The first-order valence-corrected chi connectivity index (χ1v) is 8.98. The van der Waals surface area contributed by atoms with Crippen LogP contribution in [0, 0.1) is 6.92 Å². The van der Waals surface area contributed by atoms with Crippen LogP contribution in [0.15, 0.2) is 48.5 Å². The summed E-state index contributed by atoms with van der Waals surface area (Å²) in [7, 11) is 0. The SMILES string of the molecule is Cc1cccc(OCC(=O)Nc2ccc(N3CCCC[C@H]3C)cc2)c1. The van der Waals surface area contributed by atoms with Crippen LogP contribution in [0.5, 0.6) is 5.75 Å². The molecule has 3 rings (SSSR count). The number of carbonyl (C=O) groups excluding carboxylic acids is 1. The molecule has 0 spiro atoms. The minimum atomic E-state index is -0.152. The molecule has 1 amide bonds. The normalized spacial score (nSPS) is 17.2. The molecular weight excluding hydrogens is 312 g/mol. The third kappa shape index (κ3) is 4.75. The summed E-state index contributed by atoms with van der Waals surface area (Å²) in [6, 6.07) is 16.4. The van der Waals surface area contributed by atoms with Gasteiger partial charge in [-0.3, -0.25) is 4.79 Å². The first-order chi connectivity index (χ1) is 12.1. The van der Waals surface area contributed by atoms with Gasteiger partial charge in [0.1, 0.15) is 5.75 Å². The van der Waals surface area contributed by atoms with Crippen LogP contribution in [0.25, 0.3) is 0 Å². The smallest absolute Gasteiger partial charge is 0.262 e. The van der Waals surface area contributed by atoms with Gasteiger partial charge in [0.15, 0.2) is 6.61 Å². The number of hydrogen-bond donors (Lipinski definition) is 1. The lowest BCUT2D eigenvalue weighted by Gasteiger charge is -2.35. The molecule has 0 unspecified atom stereocenters. The first-order valence-electron chi connectivity index (χ1n) is 8.98. The Hall–Kier alpha value is -2.49. The fourth-order valence-corrected chi connectivity index (χ4v) is 3.27. The van der Waals surface area contributed by atoms with E-state index in [-0.39, 0.29) is 12.5 Å². The summed E-state index contributed by atoms with van der Waals surface area (Å²) in [4.78, 5) is 14.5. The summed E-state index contributed by atoms with van der Waals surface area (Å²) >= 11 is 0. The van der Waals surface area contributed by atoms with Crippen molar-refractivity contribution in [3.63, 3.8) is 0 Å². The number of aryl methyl sites for hydroxylation is 1. The lowest BCUT2D eigenvalue weighted by Crippen LogP contribution is -2.37. The molecule has 0 aliphatic carbocycles. The van der Waals surface area contributed by atoms with Crippen molar-refractivity contribution in [1.29, 1.82) is 0 Å². The van der Waals surface area contributed by atoms with E-state index in [2.05, 4.69) is 29.3 Å². The topological polar surface area (TPSA) is 41.6 Å². The molecule has 2 aromatic rings. The zero-order valence-corrected chi connectivity index (χ0v) is 15.0. The van der Waals surface area contributed by atoms with Gasteiger partial charge < -0.3 is 15.0 Å². The summed E-state index contributed by atoms with van der Waals surface area (Å²) in [6.07, 6.45) is 3.81. The van der Waals surface area contributed by atoms with Crippen molar-refractivity contribution in [3.05, 3.63) is 54.1 Å². The Morgan fingerprint density at radius 2 is 2.00 bits per heavy atom. The van der Waals surface area contributed by atoms with E-state index >= 15 is 0 Å². The number of piperidine rings is 1. The van der Waals surface area contributed by atoms with Crippen LogP contribution in [0.2, 0.25) is 0 Å². The van der Waals surface area contributed by atoms with Gasteiger partial charge >= 0.3 is 0 Å².